The van der Waals surface area contributed by atoms with Gasteiger partial charge in [-0.2, -0.15) is 0 Å². The van der Waals surface area contributed by atoms with Gasteiger partial charge in [0.25, 0.3) is 0 Å². The first kappa shape index (κ1) is 42.4. The summed E-state index contributed by atoms with van der Waals surface area (Å²) in [6.45, 7) is 6.43. The van der Waals surface area contributed by atoms with E-state index in [4.69, 9.17) is 51.8 Å². The fourth-order valence-electron chi connectivity index (χ4n) is 5.99. The predicted octanol–water partition coefficient (Wildman–Crippen LogP) is 5.28. The first-order valence-electron chi connectivity index (χ1n) is 17.8. The second-order valence-corrected chi connectivity index (χ2v) is 12.8. The molecule has 4 aromatic rings. The van der Waals surface area contributed by atoms with Crippen molar-refractivity contribution in [3.63, 3.8) is 0 Å². The lowest BCUT2D eigenvalue weighted by Crippen LogP contribution is -2.63. The molecule has 3 aromatic carbocycles. The first-order valence-corrected chi connectivity index (χ1v) is 17.8. The summed E-state index contributed by atoms with van der Waals surface area (Å²) in [5.41, 5.74) is 1.26. The van der Waals surface area contributed by atoms with Crippen LogP contribution in [0.4, 0.5) is 0 Å². The van der Waals surface area contributed by atoms with Gasteiger partial charge in [0.05, 0.1) is 18.7 Å². The normalized spacial score (nSPS) is 18.6. The van der Waals surface area contributed by atoms with Gasteiger partial charge in [-0.25, -0.2) is 4.42 Å². The van der Waals surface area contributed by atoms with Crippen molar-refractivity contribution in [2.24, 2.45) is 0 Å². The summed E-state index contributed by atoms with van der Waals surface area (Å²) in [5.74, 6) is -4.17. The summed E-state index contributed by atoms with van der Waals surface area (Å²) in [6.07, 6.45) is -7.63. The van der Waals surface area contributed by atoms with Crippen molar-refractivity contribution in [3.8, 4) is 40.1 Å². The number of carbonyl (C=O) groups excluding carboxylic acids is 6. The molecule has 0 radical (unpaired) electrons. The molecule has 0 bridgehead atoms. The SMILES string of the molecule is COc1ccc(-c2[o+]c3cc(OC(C)=O)cc(OC(C)=O)c3cc2O[C@@H]2O[C@H](COC(C)=O)[C@@H](OC(C)=O)[C@H](OC(C)=O)[C@H]2OC(C)=O)cc1OCc1ccccc1. The number of ether oxygens (including phenoxy) is 10. The molecule has 0 N–H and O–H groups in total. The third-order valence-corrected chi connectivity index (χ3v) is 8.16. The van der Waals surface area contributed by atoms with E-state index in [1.807, 2.05) is 30.3 Å². The molecule has 1 saturated heterocycles. The number of rotatable bonds is 14. The van der Waals surface area contributed by atoms with E-state index < -0.39 is 73.1 Å². The lowest BCUT2D eigenvalue weighted by atomic mass is 9.98. The quantitative estimate of drug-likeness (QED) is 0.0688. The third-order valence-electron chi connectivity index (χ3n) is 8.16. The molecule has 1 aromatic heterocycles. The Hall–Kier alpha value is -6.75. The second-order valence-electron chi connectivity index (χ2n) is 12.8. The maximum Gasteiger partial charge on any atom is 0.402 e. The number of fused-ring (bicyclic) bond motifs is 1. The predicted molar refractivity (Wildman–Crippen MR) is 199 cm³/mol. The molecule has 1 aliphatic heterocycles. The van der Waals surface area contributed by atoms with E-state index in [9.17, 15) is 28.8 Å². The van der Waals surface area contributed by atoms with Crippen LogP contribution in [0.25, 0.3) is 22.3 Å². The number of benzene rings is 3. The fourth-order valence-corrected chi connectivity index (χ4v) is 5.99. The maximum absolute atomic E-state index is 12.6. The molecule has 0 spiro atoms. The fraction of sp³-hybridized carbons (Fsp3) is 0.341. The number of hydrogen-bond donors (Lipinski definition) is 0. The van der Waals surface area contributed by atoms with Gasteiger partial charge < -0.3 is 47.4 Å². The minimum Gasteiger partial charge on any atom is -0.493 e. The van der Waals surface area contributed by atoms with E-state index in [0.717, 1.165) is 33.3 Å². The highest BCUT2D eigenvalue weighted by Crippen LogP contribution is 2.44. The Morgan fingerprint density at radius 2 is 1.29 bits per heavy atom. The Morgan fingerprint density at radius 3 is 1.91 bits per heavy atom. The second kappa shape index (κ2) is 18.9. The summed E-state index contributed by atoms with van der Waals surface area (Å²) in [5, 5.41) is 0.143. The number of methoxy groups -OCH3 is 1. The Bertz CT molecular complexity index is 2180. The largest absolute Gasteiger partial charge is 0.493 e. The smallest absolute Gasteiger partial charge is 0.402 e. The minimum absolute atomic E-state index is 0.0127. The zero-order valence-electron chi connectivity index (χ0n) is 32.6. The van der Waals surface area contributed by atoms with E-state index in [1.54, 1.807) is 18.2 Å². The van der Waals surface area contributed by atoms with Gasteiger partial charge in [-0.05, 0) is 17.7 Å². The van der Waals surface area contributed by atoms with Gasteiger partial charge in [0.1, 0.15) is 30.5 Å². The lowest BCUT2D eigenvalue weighted by molar-refractivity contribution is -0.288. The van der Waals surface area contributed by atoms with Gasteiger partial charge in [0.15, 0.2) is 29.5 Å². The van der Waals surface area contributed by atoms with E-state index in [-0.39, 0.29) is 40.6 Å². The molecule has 0 saturated carbocycles. The van der Waals surface area contributed by atoms with Crippen LogP contribution in [0.3, 0.4) is 0 Å². The highest BCUT2D eigenvalue weighted by atomic mass is 16.7. The van der Waals surface area contributed by atoms with Crippen molar-refractivity contribution in [1.82, 2.24) is 0 Å². The molecule has 17 heteroatoms. The van der Waals surface area contributed by atoms with Crippen LogP contribution in [-0.4, -0.2) is 80.2 Å². The van der Waals surface area contributed by atoms with Gasteiger partial charge in [-0.1, -0.05) is 30.3 Å². The number of esters is 6. The van der Waals surface area contributed by atoms with E-state index in [0.29, 0.717) is 17.1 Å². The van der Waals surface area contributed by atoms with Crippen molar-refractivity contribution in [2.75, 3.05) is 13.7 Å². The van der Waals surface area contributed by atoms with Gasteiger partial charge in [0, 0.05) is 59.7 Å². The van der Waals surface area contributed by atoms with Gasteiger partial charge in [-0.3, -0.25) is 28.8 Å². The molecule has 0 amide bonds. The topological polar surface area (TPSA) is 206 Å². The molecule has 0 unspecified atom stereocenters. The molecule has 5 rings (SSSR count). The molecular formula is C41H41O17+. The summed E-state index contributed by atoms with van der Waals surface area (Å²) in [6, 6.07) is 18.3. The maximum atomic E-state index is 12.6. The van der Waals surface area contributed by atoms with Crippen LogP contribution in [0, 0.1) is 0 Å². The zero-order chi connectivity index (χ0) is 42.1. The van der Waals surface area contributed by atoms with Crippen LogP contribution in [0.5, 0.6) is 28.7 Å². The summed E-state index contributed by atoms with van der Waals surface area (Å²) in [4.78, 5) is 73.5. The van der Waals surface area contributed by atoms with E-state index in [2.05, 4.69) is 0 Å². The van der Waals surface area contributed by atoms with Crippen LogP contribution >= 0.6 is 0 Å². The van der Waals surface area contributed by atoms with Crippen molar-refractivity contribution in [3.05, 3.63) is 72.3 Å². The molecule has 58 heavy (non-hydrogen) atoms. The molecule has 2 heterocycles. The molecule has 0 aliphatic carbocycles. The van der Waals surface area contributed by atoms with Gasteiger partial charge in [0.2, 0.25) is 18.1 Å². The van der Waals surface area contributed by atoms with Crippen LogP contribution in [-0.2, 0) is 59.1 Å². The van der Waals surface area contributed by atoms with Crippen molar-refractivity contribution >= 4 is 46.8 Å². The Kier molecular flexibility index (Phi) is 13.8. The molecular weight excluding hydrogens is 764 g/mol. The zero-order valence-corrected chi connectivity index (χ0v) is 32.6. The molecule has 17 nitrogen and oxygen atoms in total. The van der Waals surface area contributed by atoms with E-state index in [1.165, 1.54) is 39.2 Å². The van der Waals surface area contributed by atoms with Crippen LogP contribution in [0.15, 0.2) is 71.1 Å². The molecule has 306 valence electrons. The highest BCUT2D eigenvalue weighted by Gasteiger charge is 2.54. The van der Waals surface area contributed by atoms with Crippen molar-refractivity contribution < 1.29 is 80.6 Å². The summed E-state index contributed by atoms with van der Waals surface area (Å²) >= 11 is 0. The van der Waals surface area contributed by atoms with Gasteiger partial charge >= 0.3 is 47.2 Å². The molecule has 1 aliphatic rings. The lowest BCUT2D eigenvalue weighted by Gasteiger charge is -2.43. The summed E-state index contributed by atoms with van der Waals surface area (Å²) in [7, 11) is 1.47. The Balaban J connectivity index is 1.72. The monoisotopic (exact) mass is 805 g/mol. The third kappa shape index (κ3) is 11.0. The minimum atomic E-state index is -1.68. The van der Waals surface area contributed by atoms with Crippen LogP contribution in [0.2, 0.25) is 0 Å². The standard InChI is InChI=1S/C41H41O17/c1-21(42)49-20-36-38(53-24(4)45)39(54-25(5)46)40(55-26(6)47)41(58-36)57-35-18-30-32(52-23(3)44)16-29(51-22(2)43)17-33(30)56-37(35)28-13-14-31(48-7)34(15-28)50-19-27-11-9-8-10-12-27/h8-18,36,38-41H,19-20H2,1-7H3/q+1/t36-,38-,39+,40-,41-/m1/s1. The van der Waals surface area contributed by atoms with E-state index >= 15 is 0 Å². The Labute approximate surface area is 331 Å². The molecule has 5 atom stereocenters. The van der Waals surface area contributed by atoms with Gasteiger partial charge in [-0.15, -0.1) is 0 Å². The first-order chi connectivity index (χ1) is 27.6. The van der Waals surface area contributed by atoms with Crippen LogP contribution < -0.4 is 23.7 Å². The average Bonchev–Trinajstić information content (AvgIpc) is 3.14. The van der Waals surface area contributed by atoms with Crippen molar-refractivity contribution in [1.29, 1.82) is 0 Å². The number of hydrogen-bond acceptors (Lipinski definition) is 16. The molecule has 1 fully saturated rings. The average molecular weight is 806 g/mol. The number of carbonyl (C=O) groups is 6. The summed E-state index contributed by atoms with van der Waals surface area (Å²) < 4.78 is 63.5. The van der Waals surface area contributed by atoms with Crippen molar-refractivity contribution in [2.45, 2.75) is 78.9 Å². The Morgan fingerprint density at radius 1 is 0.638 bits per heavy atom. The highest BCUT2D eigenvalue weighted by molar-refractivity contribution is 5.91. The van der Waals surface area contributed by atoms with Crippen LogP contribution in [0.1, 0.15) is 47.1 Å².